The molecule has 3 aliphatic rings. The van der Waals surface area contributed by atoms with Gasteiger partial charge in [0.2, 0.25) is 12.6 Å². The second-order valence-electron chi connectivity index (χ2n) is 11.5. The van der Waals surface area contributed by atoms with Crippen LogP contribution < -0.4 is 0 Å². The molecule has 0 bridgehead atoms. The van der Waals surface area contributed by atoms with Gasteiger partial charge >= 0.3 is 23.9 Å². The van der Waals surface area contributed by atoms with Gasteiger partial charge in [-0.15, -0.1) is 0 Å². The predicted molar refractivity (Wildman–Crippen MR) is 148 cm³/mol. The first-order chi connectivity index (χ1) is 19.3. The highest BCUT2D eigenvalue weighted by molar-refractivity contribution is 5.70. The van der Waals surface area contributed by atoms with Crippen molar-refractivity contribution >= 4 is 23.9 Å². The lowest BCUT2D eigenvalue weighted by molar-refractivity contribution is -0.279. The van der Waals surface area contributed by atoms with Crippen LogP contribution in [0.3, 0.4) is 0 Å². The van der Waals surface area contributed by atoms with E-state index in [1.807, 2.05) is 20.8 Å². The zero-order valence-electron chi connectivity index (χ0n) is 25.4. The average molecular weight is 577 g/mol. The fraction of sp³-hybridized carbons (Fsp3) is 0.677. The van der Waals surface area contributed by atoms with Gasteiger partial charge < -0.3 is 23.7 Å². The number of esters is 4. The van der Waals surface area contributed by atoms with Crippen LogP contribution >= 0.6 is 0 Å². The van der Waals surface area contributed by atoms with E-state index in [9.17, 15) is 19.2 Å². The van der Waals surface area contributed by atoms with Gasteiger partial charge in [0, 0.05) is 45.8 Å². The molecule has 2 fully saturated rings. The van der Waals surface area contributed by atoms with E-state index in [1.165, 1.54) is 20.8 Å². The van der Waals surface area contributed by atoms with Gasteiger partial charge in [-0.3, -0.25) is 23.9 Å². The van der Waals surface area contributed by atoms with Crippen molar-refractivity contribution in [2.75, 3.05) is 7.11 Å². The van der Waals surface area contributed by atoms with Crippen LogP contribution in [0.25, 0.3) is 0 Å². The summed E-state index contributed by atoms with van der Waals surface area (Å²) < 4.78 is 35.6. The number of rotatable bonds is 10. The molecule has 0 unspecified atom stereocenters. The number of allylic oxidation sites excluding steroid dienone is 3. The largest absolute Gasteiger partial charge is 0.458 e. The van der Waals surface area contributed by atoms with Crippen molar-refractivity contribution in [3.05, 3.63) is 36.0 Å². The van der Waals surface area contributed by atoms with E-state index in [2.05, 4.69) is 19.6 Å². The van der Waals surface area contributed by atoms with E-state index in [0.29, 0.717) is 24.8 Å². The van der Waals surface area contributed by atoms with Crippen molar-refractivity contribution in [2.24, 2.45) is 22.7 Å². The quantitative estimate of drug-likeness (QED) is 0.158. The molecule has 3 rings (SSSR count). The van der Waals surface area contributed by atoms with E-state index < -0.39 is 71.5 Å². The molecule has 9 atom stereocenters. The monoisotopic (exact) mass is 576 g/mol. The van der Waals surface area contributed by atoms with Gasteiger partial charge in [-0.05, 0) is 43.6 Å². The Labute approximate surface area is 242 Å². The highest BCUT2D eigenvalue weighted by atomic mass is 16.8. The maximum Gasteiger partial charge on any atom is 0.306 e. The maximum atomic E-state index is 13.0. The summed E-state index contributed by atoms with van der Waals surface area (Å²) in [7, 11) is 1.58. The average Bonchev–Trinajstić information content (AvgIpc) is 3.18. The number of carbonyl (C=O) groups excluding carboxylic acids is 4. The maximum absolute atomic E-state index is 13.0. The Bertz CT molecular complexity index is 1110. The molecule has 0 aromatic heterocycles. The fourth-order valence-corrected chi connectivity index (χ4v) is 6.86. The first-order valence-corrected chi connectivity index (χ1v) is 14.2. The summed E-state index contributed by atoms with van der Waals surface area (Å²) in [4.78, 5) is 50.4. The van der Waals surface area contributed by atoms with Crippen LogP contribution in [0.4, 0.5) is 0 Å². The Morgan fingerprint density at radius 2 is 1.68 bits per heavy atom. The minimum Gasteiger partial charge on any atom is -0.458 e. The lowest BCUT2D eigenvalue weighted by atomic mass is 9.44. The lowest BCUT2D eigenvalue weighted by Gasteiger charge is -2.62. The van der Waals surface area contributed by atoms with E-state index in [1.54, 1.807) is 19.3 Å². The summed E-state index contributed by atoms with van der Waals surface area (Å²) >= 11 is 0. The highest BCUT2D eigenvalue weighted by Gasteiger charge is 2.75. The zero-order chi connectivity index (χ0) is 30.7. The second-order valence-corrected chi connectivity index (χ2v) is 11.5. The SMILES string of the molecule is C=C/C(C)=C\C[C@]1(C)[C@H]2C[C@@H](OC)C=C3[C@@H](OC(C)=O)O[C@H](OC(C)=O)[C@@]32[C@H](OC(C)=O)[C@@H](OC(=O)CCC)[C@@H]1C. The fourth-order valence-electron chi connectivity index (χ4n) is 6.86. The van der Waals surface area contributed by atoms with Crippen molar-refractivity contribution in [1.82, 2.24) is 0 Å². The summed E-state index contributed by atoms with van der Waals surface area (Å²) in [5, 5.41) is 0. The zero-order valence-corrected chi connectivity index (χ0v) is 25.4. The normalized spacial score (nSPS) is 36.2. The smallest absolute Gasteiger partial charge is 0.306 e. The van der Waals surface area contributed by atoms with Gasteiger partial charge in [-0.2, -0.15) is 0 Å². The number of hydrogen-bond acceptors (Lipinski definition) is 10. The standard InChI is InChI=1S/C31H44O10/c1-10-12-25(35)40-26-18(4)30(8,14-13-17(3)11-2)24-16-22(36-9)15-23-28(38-20(6)33)41-29(39-21(7)34)31(23,24)27(26)37-19(5)32/h11,13,15,18,22,24,26-29H,2,10,12,14,16H2,1,3-9H3/b17-13-/t18-,22-,24+,26-,27+,28-,29-,30-,31-/m0/s1. The molecule has 10 heteroatoms. The van der Waals surface area contributed by atoms with Crippen LogP contribution in [0.1, 0.15) is 74.1 Å². The molecule has 1 aliphatic heterocycles. The van der Waals surface area contributed by atoms with Crippen molar-refractivity contribution in [3.63, 3.8) is 0 Å². The van der Waals surface area contributed by atoms with Crippen molar-refractivity contribution in [2.45, 2.75) is 105 Å². The van der Waals surface area contributed by atoms with Gasteiger partial charge in [-0.1, -0.05) is 45.1 Å². The van der Waals surface area contributed by atoms with Crippen LogP contribution in [0.5, 0.6) is 0 Å². The first-order valence-electron chi connectivity index (χ1n) is 14.2. The van der Waals surface area contributed by atoms with Gasteiger partial charge in [-0.25, -0.2) is 0 Å². The molecule has 1 heterocycles. The minimum atomic E-state index is -1.36. The third-order valence-corrected chi connectivity index (χ3v) is 8.95. The Morgan fingerprint density at radius 1 is 1.05 bits per heavy atom. The van der Waals surface area contributed by atoms with Gasteiger partial charge in [0.1, 0.15) is 11.5 Å². The Hall–Kier alpha value is -2.98. The number of carbonyl (C=O) groups is 4. The van der Waals surface area contributed by atoms with Gasteiger partial charge in [0.15, 0.2) is 6.10 Å². The predicted octanol–water partition coefficient (Wildman–Crippen LogP) is 4.56. The summed E-state index contributed by atoms with van der Waals surface area (Å²) in [6.07, 6.45) is 2.31. The second kappa shape index (κ2) is 12.9. The third-order valence-electron chi connectivity index (χ3n) is 8.95. The van der Waals surface area contributed by atoms with Crippen molar-refractivity contribution in [1.29, 1.82) is 0 Å². The minimum absolute atomic E-state index is 0.174. The molecule has 0 N–H and O–H groups in total. The summed E-state index contributed by atoms with van der Waals surface area (Å²) in [6, 6.07) is 0. The van der Waals surface area contributed by atoms with Crippen LogP contribution in [0.2, 0.25) is 0 Å². The van der Waals surface area contributed by atoms with Gasteiger partial charge in [0.25, 0.3) is 0 Å². The molecule has 41 heavy (non-hydrogen) atoms. The van der Waals surface area contributed by atoms with E-state index >= 15 is 0 Å². The molecule has 1 saturated carbocycles. The van der Waals surface area contributed by atoms with Crippen molar-refractivity contribution < 1.29 is 47.6 Å². The van der Waals surface area contributed by atoms with Crippen molar-refractivity contribution in [3.8, 4) is 0 Å². The van der Waals surface area contributed by atoms with Gasteiger partial charge in [0.05, 0.1) is 6.10 Å². The first kappa shape index (κ1) is 32.5. The molecule has 0 aromatic rings. The molecule has 0 aromatic carbocycles. The molecule has 1 spiro atoms. The molecule has 1 saturated heterocycles. The highest BCUT2D eigenvalue weighted by Crippen LogP contribution is 2.68. The van der Waals surface area contributed by atoms with Crippen LogP contribution in [-0.2, 0) is 47.6 Å². The lowest BCUT2D eigenvalue weighted by Crippen LogP contribution is -2.69. The van der Waals surface area contributed by atoms with Crippen LogP contribution in [-0.4, -0.2) is 61.9 Å². The summed E-state index contributed by atoms with van der Waals surface area (Å²) in [5.41, 5.74) is -0.587. The molecule has 0 amide bonds. The topological polar surface area (TPSA) is 124 Å². The molecule has 2 aliphatic carbocycles. The molecule has 0 radical (unpaired) electrons. The third kappa shape index (κ3) is 6.14. The molecule has 10 nitrogen and oxygen atoms in total. The van der Waals surface area contributed by atoms with E-state index in [4.69, 9.17) is 28.4 Å². The number of ether oxygens (including phenoxy) is 6. The Balaban J connectivity index is 2.41. The molecule has 228 valence electrons. The number of hydrogen-bond donors (Lipinski definition) is 0. The Morgan fingerprint density at radius 3 is 2.22 bits per heavy atom. The summed E-state index contributed by atoms with van der Waals surface area (Å²) in [6.45, 7) is 15.5. The Kier molecular flexibility index (Phi) is 10.2. The van der Waals surface area contributed by atoms with Crippen LogP contribution in [0.15, 0.2) is 36.0 Å². The van der Waals surface area contributed by atoms with Crippen LogP contribution in [0, 0.1) is 22.7 Å². The number of methoxy groups -OCH3 is 1. The molecular formula is C31H44O10. The van der Waals surface area contributed by atoms with E-state index in [-0.39, 0.29) is 12.3 Å². The summed E-state index contributed by atoms with van der Waals surface area (Å²) in [5.74, 6) is -3.03. The molecular weight excluding hydrogens is 532 g/mol. The van der Waals surface area contributed by atoms with E-state index in [0.717, 1.165) is 5.57 Å².